The monoisotopic (exact) mass is 231 g/mol. The average molecular weight is 231 g/mol. The van der Waals surface area contributed by atoms with Crippen molar-refractivity contribution >= 4 is 11.8 Å². The first-order chi connectivity index (χ1) is 7.34. The first-order valence-corrected chi connectivity index (χ1v) is 7.61. The third-order valence-corrected chi connectivity index (χ3v) is 3.92. The molecule has 2 N–H and O–H groups in total. The van der Waals surface area contributed by atoms with Crippen LogP contribution in [0.25, 0.3) is 0 Å². The van der Waals surface area contributed by atoms with Crippen LogP contribution in [-0.4, -0.2) is 36.3 Å². The van der Waals surface area contributed by atoms with E-state index in [0.29, 0.717) is 5.92 Å². The number of rotatable bonds is 7. The Morgan fingerprint density at radius 2 is 2.07 bits per heavy atom. The number of unbranched alkanes of at least 4 members (excludes halogenated alkanes) is 1. The number of aliphatic hydroxyl groups is 1. The van der Waals surface area contributed by atoms with Crippen molar-refractivity contribution in [2.24, 2.45) is 5.92 Å². The summed E-state index contributed by atoms with van der Waals surface area (Å²) < 4.78 is 0. The molecule has 0 heterocycles. The van der Waals surface area contributed by atoms with E-state index < -0.39 is 0 Å². The fourth-order valence-corrected chi connectivity index (χ4v) is 2.70. The molecule has 2 unspecified atom stereocenters. The SMILES string of the molecule is CSCCCCNCC1CCCCC1O. The minimum absolute atomic E-state index is 0.0440. The third kappa shape index (κ3) is 5.79. The van der Waals surface area contributed by atoms with Gasteiger partial charge < -0.3 is 10.4 Å². The van der Waals surface area contributed by atoms with Crippen molar-refractivity contribution in [3.05, 3.63) is 0 Å². The van der Waals surface area contributed by atoms with Crippen molar-refractivity contribution in [3.63, 3.8) is 0 Å². The van der Waals surface area contributed by atoms with Crippen LogP contribution < -0.4 is 5.32 Å². The molecule has 0 aliphatic heterocycles. The van der Waals surface area contributed by atoms with Gasteiger partial charge in [-0.2, -0.15) is 11.8 Å². The number of hydrogen-bond acceptors (Lipinski definition) is 3. The van der Waals surface area contributed by atoms with Gasteiger partial charge in [0, 0.05) is 6.54 Å². The van der Waals surface area contributed by atoms with Gasteiger partial charge in [-0.3, -0.25) is 0 Å². The maximum atomic E-state index is 9.77. The molecule has 0 bridgehead atoms. The van der Waals surface area contributed by atoms with E-state index in [9.17, 15) is 5.11 Å². The molecule has 0 radical (unpaired) electrons. The van der Waals surface area contributed by atoms with Gasteiger partial charge in [0.15, 0.2) is 0 Å². The first kappa shape index (κ1) is 13.3. The van der Waals surface area contributed by atoms with Gasteiger partial charge in [0.25, 0.3) is 0 Å². The van der Waals surface area contributed by atoms with Gasteiger partial charge in [-0.05, 0) is 50.2 Å². The molecular weight excluding hydrogens is 206 g/mol. The molecule has 0 amide bonds. The molecule has 2 nitrogen and oxygen atoms in total. The van der Waals surface area contributed by atoms with Crippen LogP contribution in [0.4, 0.5) is 0 Å². The highest BCUT2D eigenvalue weighted by Crippen LogP contribution is 2.23. The van der Waals surface area contributed by atoms with Crippen LogP contribution in [0.15, 0.2) is 0 Å². The Morgan fingerprint density at radius 1 is 1.27 bits per heavy atom. The van der Waals surface area contributed by atoms with Crippen molar-refractivity contribution in [2.75, 3.05) is 25.1 Å². The summed E-state index contributed by atoms with van der Waals surface area (Å²) in [5, 5.41) is 13.2. The Balaban J connectivity index is 1.94. The number of thioether (sulfide) groups is 1. The van der Waals surface area contributed by atoms with E-state index in [0.717, 1.165) is 19.5 Å². The van der Waals surface area contributed by atoms with Crippen molar-refractivity contribution < 1.29 is 5.11 Å². The Kier molecular flexibility index (Phi) is 7.49. The summed E-state index contributed by atoms with van der Waals surface area (Å²) in [7, 11) is 0. The average Bonchev–Trinajstić information content (AvgIpc) is 2.25. The summed E-state index contributed by atoms with van der Waals surface area (Å²) >= 11 is 1.92. The molecule has 90 valence electrons. The largest absolute Gasteiger partial charge is 0.393 e. The molecule has 3 heteroatoms. The fraction of sp³-hybridized carbons (Fsp3) is 1.00. The minimum atomic E-state index is -0.0440. The molecule has 15 heavy (non-hydrogen) atoms. The Hall–Kier alpha value is 0.270. The zero-order valence-electron chi connectivity index (χ0n) is 9.87. The summed E-state index contributed by atoms with van der Waals surface area (Å²) in [4.78, 5) is 0. The zero-order chi connectivity index (χ0) is 10.9. The minimum Gasteiger partial charge on any atom is -0.393 e. The predicted molar refractivity (Wildman–Crippen MR) is 68.5 cm³/mol. The lowest BCUT2D eigenvalue weighted by Gasteiger charge is -2.27. The topological polar surface area (TPSA) is 32.3 Å². The highest BCUT2D eigenvalue weighted by Gasteiger charge is 2.21. The van der Waals surface area contributed by atoms with Crippen LogP contribution in [0.3, 0.4) is 0 Å². The Bertz CT molecular complexity index is 155. The van der Waals surface area contributed by atoms with Gasteiger partial charge in [-0.1, -0.05) is 12.8 Å². The molecule has 1 rings (SSSR count). The molecule has 1 saturated carbocycles. The van der Waals surface area contributed by atoms with Gasteiger partial charge in [-0.15, -0.1) is 0 Å². The van der Waals surface area contributed by atoms with E-state index in [-0.39, 0.29) is 6.10 Å². The highest BCUT2D eigenvalue weighted by molar-refractivity contribution is 7.98. The van der Waals surface area contributed by atoms with E-state index in [4.69, 9.17) is 0 Å². The summed E-state index contributed by atoms with van der Waals surface area (Å²) in [6, 6.07) is 0. The summed E-state index contributed by atoms with van der Waals surface area (Å²) in [5.74, 6) is 1.78. The lowest BCUT2D eigenvalue weighted by Crippen LogP contribution is -2.34. The number of aliphatic hydroxyl groups excluding tert-OH is 1. The van der Waals surface area contributed by atoms with Crippen molar-refractivity contribution in [2.45, 2.75) is 44.6 Å². The number of nitrogens with one attached hydrogen (secondary N) is 1. The molecule has 1 fully saturated rings. The van der Waals surface area contributed by atoms with Gasteiger partial charge in [-0.25, -0.2) is 0 Å². The Morgan fingerprint density at radius 3 is 2.80 bits per heavy atom. The smallest absolute Gasteiger partial charge is 0.0580 e. The third-order valence-electron chi connectivity index (χ3n) is 3.23. The van der Waals surface area contributed by atoms with Crippen LogP contribution in [0.5, 0.6) is 0 Å². The molecular formula is C12H25NOS. The van der Waals surface area contributed by atoms with Crippen LogP contribution in [0.2, 0.25) is 0 Å². The molecule has 0 aromatic heterocycles. The van der Waals surface area contributed by atoms with Crippen LogP contribution >= 0.6 is 11.8 Å². The molecule has 1 aliphatic rings. The van der Waals surface area contributed by atoms with E-state index in [1.807, 2.05) is 11.8 Å². The van der Waals surface area contributed by atoms with E-state index in [2.05, 4.69) is 11.6 Å². The molecule has 0 aromatic rings. The maximum absolute atomic E-state index is 9.77. The molecule has 1 aliphatic carbocycles. The first-order valence-electron chi connectivity index (χ1n) is 6.22. The summed E-state index contributed by atoms with van der Waals surface area (Å²) in [5.41, 5.74) is 0. The fourth-order valence-electron chi connectivity index (χ4n) is 2.21. The standard InChI is InChI=1S/C12H25NOS/c1-15-9-5-4-8-13-10-11-6-2-3-7-12(11)14/h11-14H,2-10H2,1H3. The highest BCUT2D eigenvalue weighted by atomic mass is 32.2. The van der Waals surface area contributed by atoms with Crippen molar-refractivity contribution in [1.82, 2.24) is 5.32 Å². The quantitative estimate of drug-likeness (QED) is 0.659. The Labute approximate surface area is 98.2 Å². The second-order valence-corrected chi connectivity index (χ2v) is 5.50. The van der Waals surface area contributed by atoms with Crippen LogP contribution in [0, 0.1) is 5.92 Å². The summed E-state index contributed by atoms with van der Waals surface area (Å²) in [6.45, 7) is 2.13. The summed E-state index contributed by atoms with van der Waals surface area (Å²) in [6.07, 6.45) is 9.42. The van der Waals surface area contributed by atoms with Gasteiger partial charge in [0.1, 0.15) is 0 Å². The maximum Gasteiger partial charge on any atom is 0.0580 e. The molecule has 0 aromatic carbocycles. The molecule has 0 spiro atoms. The van der Waals surface area contributed by atoms with Crippen LogP contribution in [0.1, 0.15) is 38.5 Å². The number of hydrogen-bond donors (Lipinski definition) is 2. The lowest BCUT2D eigenvalue weighted by molar-refractivity contribution is 0.0697. The molecule has 0 saturated heterocycles. The second kappa shape index (κ2) is 8.43. The van der Waals surface area contributed by atoms with Gasteiger partial charge in [0.05, 0.1) is 6.10 Å². The van der Waals surface area contributed by atoms with Crippen molar-refractivity contribution in [3.8, 4) is 0 Å². The van der Waals surface area contributed by atoms with Gasteiger partial charge >= 0.3 is 0 Å². The van der Waals surface area contributed by atoms with Gasteiger partial charge in [0.2, 0.25) is 0 Å². The van der Waals surface area contributed by atoms with Crippen LogP contribution in [-0.2, 0) is 0 Å². The van der Waals surface area contributed by atoms with E-state index in [1.165, 1.54) is 37.9 Å². The van der Waals surface area contributed by atoms with Crippen molar-refractivity contribution in [1.29, 1.82) is 0 Å². The predicted octanol–water partition coefficient (Wildman–Crippen LogP) is 2.27. The molecule has 2 atom stereocenters. The zero-order valence-corrected chi connectivity index (χ0v) is 10.7. The normalized spacial score (nSPS) is 26.8. The van der Waals surface area contributed by atoms with E-state index >= 15 is 0 Å². The second-order valence-electron chi connectivity index (χ2n) is 4.52. The lowest BCUT2D eigenvalue weighted by atomic mass is 9.86. The van der Waals surface area contributed by atoms with E-state index in [1.54, 1.807) is 0 Å².